The van der Waals surface area contributed by atoms with E-state index in [1.54, 1.807) is 50.6 Å². The summed E-state index contributed by atoms with van der Waals surface area (Å²) in [6.45, 7) is 1.57. The van der Waals surface area contributed by atoms with Crippen molar-refractivity contribution in [1.82, 2.24) is 4.90 Å². The van der Waals surface area contributed by atoms with Gasteiger partial charge in [0.1, 0.15) is 29.7 Å². The smallest absolute Gasteiger partial charge is 0.231 e. The van der Waals surface area contributed by atoms with E-state index in [1.165, 1.54) is 0 Å². The van der Waals surface area contributed by atoms with E-state index in [1.807, 2.05) is 18.2 Å². The number of hydrogen-bond acceptors (Lipinski definition) is 6. The molecule has 0 N–H and O–H groups in total. The largest absolute Gasteiger partial charge is 0.497 e. The number of rotatable bonds is 5. The number of halogens is 2. The van der Waals surface area contributed by atoms with Gasteiger partial charge < -0.3 is 18.9 Å². The Kier molecular flexibility index (Phi) is 6.13. The molecule has 8 heteroatoms. The van der Waals surface area contributed by atoms with Crippen LogP contribution in [0.15, 0.2) is 54.3 Å². The third-order valence-electron chi connectivity index (χ3n) is 5.80. The van der Waals surface area contributed by atoms with Crippen LogP contribution in [0.4, 0.5) is 0 Å². The summed E-state index contributed by atoms with van der Waals surface area (Å²) in [5.41, 5.74) is 3.03. The molecule has 2 aliphatic heterocycles. The van der Waals surface area contributed by atoms with Crippen molar-refractivity contribution in [3.8, 4) is 23.0 Å². The molecule has 2 aliphatic rings. The third kappa shape index (κ3) is 4.20. The number of nitrogens with zero attached hydrogens (tertiary/aromatic N) is 1. The molecule has 3 aromatic carbocycles. The van der Waals surface area contributed by atoms with E-state index in [9.17, 15) is 4.79 Å². The molecule has 0 spiro atoms. The maximum atomic E-state index is 13.1. The highest BCUT2D eigenvalue weighted by Crippen LogP contribution is 2.42. The Hall–Kier alpha value is -3.19. The maximum Gasteiger partial charge on any atom is 0.231 e. The number of allylic oxidation sites excluding steroid dienone is 1. The summed E-state index contributed by atoms with van der Waals surface area (Å²) in [6, 6.07) is 14.5. The van der Waals surface area contributed by atoms with E-state index in [2.05, 4.69) is 4.90 Å². The quantitative estimate of drug-likeness (QED) is 0.404. The fourth-order valence-electron chi connectivity index (χ4n) is 4.10. The van der Waals surface area contributed by atoms with Crippen LogP contribution >= 0.6 is 23.2 Å². The molecular formula is C26H21Cl2NO5. The average Bonchev–Trinajstić information content (AvgIpc) is 3.17. The van der Waals surface area contributed by atoms with Crippen LogP contribution in [0.25, 0.3) is 6.08 Å². The normalized spacial score (nSPS) is 16.0. The van der Waals surface area contributed by atoms with Crippen molar-refractivity contribution >= 4 is 35.1 Å². The fraction of sp³-hybridized carbons (Fsp3) is 0.192. The Labute approximate surface area is 207 Å². The average molecular weight is 498 g/mol. The zero-order valence-electron chi connectivity index (χ0n) is 18.6. The number of carbonyl (C=O) groups is 1. The molecule has 0 atom stereocenters. The Morgan fingerprint density at radius 1 is 1.03 bits per heavy atom. The third-order valence-corrected chi connectivity index (χ3v) is 6.53. The number of ketones is 1. The van der Waals surface area contributed by atoms with E-state index in [0.29, 0.717) is 64.0 Å². The van der Waals surface area contributed by atoms with Gasteiger partial charge in [0.25, 0.3) is 0 Å². The molecule has 2 heterocycles. The summed E-state index contributed by atoms with van der Waals surface area (Å²) in [5, 5.41) is 1.03. The molecule has 0 saturated heterocycles. The van der Waals surface area contributed by atoms with Gasteiger partial charge in [0.2, 0.25) is 5.78 Å². The Bertz CT molecular complexity index is 1320. The summed E-state index contributed by atoms with van der Waals surface area (Å²) < 4.78 is 22.8. The Morgan fingerprint density at radius 3 is 2.65 bits per heavy atom. The van der Waals surface area contributed by atoms with Crippen LogP contribution < -0.4 is 18.9 Å². The highest BCUT2D eigenvalue weighted by molar-refractivity contribution is 6.42. The van der Waals surface area contributed by atoms with Crippen molar-refractivity contribution in [2.75, 3.05) is 21.0 Å². The van der Waals surface area contributed by atoms with E-state index in [4.69, 9.17) is 42.1 Å². The molecule has 0 amide bonds. The van der Waals surface area contributed by atoms with Crippen molar-refractivity contribution in [3.63, 3.8) is 0 Å². The first-order chi connectivity index (χ1) is 16.5. The number of Topliss-reactive ketones (excluding diaryl/α,β-unsaturated/α-hetero) is 1. The predicted molar refractivity (Wildman–Crippen MR) is 130 cm³/mol. The molecular weight excluding hydrogens is 477 g/mol. The number of benzene rings is 3. The molecule has 6 nitrogen and oxygen atoms in total. The van der Waals surface area contributed by atoms with Crippen molar-refractivity contribution < 1.29 is 23.7 Å². The summed E-state index contributed by atoms with van der Waals surface area (Å²) in [5.74, 6) is 2.52. The van der Waals surface area contributed by atoms with Gasteiger partial charge in [-0.05, 0) is 54.1 Å². The zero-order valence-corrected chi connectivity index (χ0v) is 20.1. The lowest BCUT2D eigenvalue weighted by molar-refractivity contribution is 0.0873. The summed E-state index contributed by atoms with van der Waals surface area (Å²) in [6.07, 6.45) is 1.67. The second kappa shape index (κ2) is 9.22. The first kappa shape index (κ1) is 22.6. The number of fused-ring (bicyclic) bond motifs is 3. The van der Waals surface area contributed by atoms with Gasteiger partial charge in [-0.3, -0.25) is 9.69 Å². The predicted octanol–water partition coefficient (Wildman–Crippen LogP) is 5.98. The second-order valence-corrected chi connectivity index (χ2v) is 8.79. The monoisotopic (exact) mass is 497 g/mol. The van der Waals surface area contributed by atoms with Crippen LogP contribution in [-0.4, -0.2) is 31.6 Å². The highest BCUT2D eigenvalue weighted by atomic mass is 35.5. The van der Waals surface area contributed by atoms with Gasteiger partial charge in [0, 0.05) is 18.7 Å². The van der Waals surface area contributed by atoms with Gasteiger partial charge in [0.05, 0.1) is 35.4 Å². The second-order valence-electron chi connectivity index (χ2n) is 7.98. The van der Waals surface area contributed by atoms with Crippen molar-refractivity contribution in [3.05, 3.63) is 86.6 Å². The van der Waals surface area contributed by atoms with Gasteiger partial charge >= 0.3 is 0 Å². The minimum atomic E-state index is -0.190. The minimum Gasteiger partial charge on any atom is -0.497 e. The number of hydrogen-bond donors (Lipinski definition) is 0. The van der Waals surface area contributed by atoms with Crippen LogP contribution in [0, 0.1) is 0 Å². The molecule has 5 rings (SSSR count). The molecule has 0 saturated carbocycles. The number of carbonyl (C=O) groups excluding carboxylic acids is 1. The van der Waals surface area contributed by atoms with Crippen LogP contribution in [0.2, 0.25) is 10.0 Å². The Balaban J connectivity index is 1.43. The molecule has 174 valence electrons. The van der Waals surface area contributed by atoms with Gasteiger partial charge in [-0.1, -0.05) is 29.3 Å². The zero-order chi connectivity index (χ0) is 23.8. The van der Waals surface area contributed by atoms with E-state index < -0.39 is 0 Å². The highest BCUT2D eigenvalue weighted by Gasteiger charge is 2.34. The first-order valence-corrected chi connectivity index (χ1v) is 11.3. The minimum absolute atomic E-state index is 0.190. The summed E-state index contributed by atoms with van der Waals surface area (Å²) in [7, 11) is 3.16. The standard InChI is InChI=1S/C26H21Cl2NO5/c1-31-17-4-7-22(32-2)16(10-17)11-24-25(30)18-5-8-23-19(26(18)34-24)13-29(14-33-23)12-15-3-6-20(27)21(28)9-15/h3-11H,12-14H2,1-2H3/b24-11-. The Morgan fingerprint density at radius 2 is 1.88 bits per heavy atom. The van der Waals surface area contributed by atoms with E-state index in [-0.39, 0.29) is 11.5 Å². The van der Waals surface area contributed by atoms with Crippen LogP contribution in [0.3, 0.4) is 0 Å². The first-order valence-electron chi connectivity index (χ1n) is 10.6. The molecule has 0 aromatic heterocycles. The lowest BCUT2D eigenvalue weighted by atomic mass is 10.0. The van der Waals surface area contributed by atoms with Gasteiger partial charge in [-0.25, -0.2) is 0 Å². The van der Waals surface area contributed by atoms with Crippen molar-refractivity contribution in [2.24, 2.45) is 0 Å². The molecule has 0 radical (unpaired) electrons. The molecule has 0 fully saturated rings. The lowest BCUT2D eigenvalue weighted by Crippen LogP contribution is -2.31. The van der Waals surface area contributed by atoms with E-state index in [0.717, 1.165) is 11.1 Å². The molecule has 0 aliphatic carbocycles. The van der Waals surface area contributed by atoms with Crippen molar-refractivity contribution in [1.29, 1.82) is 0 Å². The van der Waals surface area contributed by atoms with Crippen molar-refractivity contribution in [2.45, 2.75) is 13.1 Å². The van der Waals surface area contributed by atoms with Gasteiger partial charge in [-0.15, -0.1) is 0 Å². The summed E-state index contributed by atoms with van der Waals surface area (Å²) >= 11 is 12.2. The molecule has 0 bridgehead atoms. The lowest BCUT2D eigenvalue weighted by Gasteiger charge is -2.29. The van der Waals surface area contributed by atoms with Gasteiger partial charge in [0.15, 0.2) is 5.76 Å². The fourth-order valence-corrected chi connectivity index (χ4v) is 4.42. The molecule has 34 heavy (non-hydrogen) atoms. The summed E-state index contributed by atoms with van der Waals surface area (Å²) in [4.78, 5) is 15.2. The van der Waals surface area contributed by atoms with Crippen LogP contribution in [0.5, 0.6) is 23.0 Å². The SMILES string of the molecule is COc1ccc(OC)c(/C=C2\Oc3c(ccc4c3CN(Cc3ccc(Cl)c(Cl)c3)CO4)C2=O)c1. The topological polar surface area (TPSA) is 57.2 Å². The number of methoxy groups -OCH3 is 2. The maximum absolute atomic E-state index is 13.1. The molecule has 3 aromatic rings. The van der Waals surface area contributed by atoms with Crippen LogP contribution in [0.1, 0.15) is 27.0 Å². The van der Waals surface area contributed by atoms with E-state index >= 15 is 0 Å². The van der Waals surface area contributed by atoms with Gasteiger partial charge in [-0.2, -0.15) is 0 Å². The number of ether oxygens (including phenoxy) is 4. The molecule has 0 unspecified atom stereocenters. The van der Waals surface area contributed by atoms with Crippen LogP contribution in [-0.2, 0) is 13.1 Å².